The Morgan fingerprint density at radius 2 is 1.74 bits per heavy atom. The Labute approximate surface area is 187 Å². The topological polar surface area (TPSA) is 69.7 Å². The van der Waals surface area contributed by atoms with Crippen LogP contribution >= 0.6 is 11.6 Å². The highest BCUT2D eigenvalue weighted by Crippen LogP contribution is 2.35. The molecule has 0 bridgehead atoms. The molecule has 31 heavy (non-hydrogen) atoms. The van der Waals surface area contributed by atoms with E-state index in [-0.39, 0.29) is 11.1 Å². The van der Waals surface area contributed by atoms with Gasteiger partial charge in [-0.05, 0) is 52.7 Å². The maximum atomic E-state index is 14.9. The van der Waals surface area contributed by atoms with Crippen molar-refractivity contribution in [3.8, 4) is 22.4 Å². The number of halogens is 2. The van der Waals surface area contributed by atoms with Gasteiger partial charge in [-0.1, -0.05) is 11.6 Å². The van der Waals surface area contributed by atoms with E-state index in [1.165, 1.54) is 6.07 Å². The molecular formula is C23H28ClFN6. The van der Waals surface area contributed by atoms with E-state index in [0.29, 0.717) is 27.9 Å². The van der Waals surface area contributed by atoms with E-state index < -0.39 is 5.82 Å². The minimum Gasteiger partial charge on any atom is -0.355 e. The van der Waals surface area contributed by atoms with Crippen LogP contribution in [0.1, 0.15) is 40.5 Å². The van der Waals surface area contributed by atoms with Crippen molar-refractivity contribution >= 4 is 17.4 Å². The molecule has 1 fully saturated rings. The van der Waals surface area contributed by atoms with Gasteiger partial charge in [0.15, 0.2) is 0 Å². The van der Waals surface area contributed by atoms with Gasteiger partial charge in [0.2, 0.25) is 0 Å². The zero-order chi connectivity index (χ0) is 22.4. The number of aromatic nitrogens is 4. The molecule has 164 valence electrons. The van der Waals surface area contributed by atoms with Gasteiger partial charge in [-0.2, -0.15) is 5.10 Å². The van der Waals surface area contributed by atoms with Gasteiger partial charge in [0.1, 0.15) is 11.6 Å². The van der Waals surface area contributed by atoms with E-state index >= 15 is 0 Å². The maximum absolute atomic E-state index is 14.9. The van der Waals surface area contributed by atoms with E-state index in [1.807, 2.05) is 7.05 Å². The van der Waals surface area contributed by atoms with E-state index in [1.54, 1.807) is 30.9 Å². The number of hydrogen-bond acceptors (Lipinski definition) is 5. The summed E-state index contributed by atoms with van der Waals surface area (Å²) in [5.41, 5.74) is 2.14. The largest absolute Gasteiger partial charge is 0.355 e. The monoisotopic (exact) mass is 442 g/mol. The zero-order valence-electron chi connectivity index (χ0n) is 18.5. The summed E-state index contributed by atoms with van der Waals surface area (Å²) >= 11 is 6.41. The van der Waals surface area contributed by atoms with Crippen molar-refractivity contribution in [3.05, 3.63) is 47.8 Å². The Bertz CT molecular complexity index is 1050. The first kappa shape index (κ1) is 21.7. The molecule has 4 rings (SSSR count). The summed E-state index contributed by atoms with van der Waals surface area (Å²) in [5.74, 6) is 0.363. The molecule has 0 saturated carbocycles. The van der Waals surface area contributed by atoms with E-state index in [4.69, 9.17) is 11.6 Å². The number of rotatable bonds is 4. The molecule has 8 heteroatoms. The molecule has 3 heterocycles. The molecule has 1 aliphatic heterocycles. The first-order valence-electron chi connectivity index (χ1n) is 10.4. The van der Waals surface area contributed by atoms with Crippen LogP contribution in [0.2, 0.25) is 5.02 Å². The second-order valence-corrected chi connectivity index (χ2v) is 10.0. The SMILES string of the molecule is CN(c1cnc(-c2cc(Cl)c(-c3cn[nH]c3)cc2F)cn1)C1CC(C)(C)NC(C)(C)C1. The third-order valence-electron chi connectivity index (χ3n) is 5.86. The van der Waals surface area contributed by atoms with Crippen LogP contribution in [0.5, 0.6) is 0 Å². The fourth-order valence-electron chi connectivity index (χ4n) is 4.73. The lowest BCUT2D eigenvalue weighted by Crippen LogP contribution is -2.62. The van der Waals surface area contributed by atoms with Crippen LogP contribution in [0.3, 0.4) is 0 Å². The molecule has 0 atom stereocenters. The Kier molecular flexibility index (Phi) is 5.52. The first-order chi connectivity index (χ1) is 14.5. The zero-order valence-corrected chi connectivity index (χ0v) is 19.3. The van der Waals surface area contributed by atoms with Crippen LogP contribution in [0, 0.1) is 5.82 Å². The van der Waals surface area contributed by atoms with E-state index in [9.17, 15) is 4.39 Å². The molecule has 1 aliphatic rings. The lowest BCUT2D eigenvalue weighted by molar-refractivity contribution is 0.160. The van der Waals surface area contributed by atoms with Crippen molar-refractivity contribution in [2.24, 2.45) is 0 Å². The van der Waals surface area contributed by atoms with E-state index in [2.05, 4.69) is 58.1 Å². The van der Waals surface area contributed by atoms with Gasteiger partial charge < -0.3 is 10.2 Å². The summed E-state index contributed by atoms with van der Waals surface area (Å²) in [6, 6.07) is 3.32. The minimum absolute atomic E-state index is 0.0324. The van der Waals surface area contributed by atoms with Crippen molar-refractivity contribution in [1.82, 2.24) is 25.5 Å². The predicted octanol–water partition coefficient (Wildman–Crippen LogP) is 5.07. The second-order valence-electron chi connectivity index (χ2n) is 9.62. The average molecular weight is 443 g/mol. The van der Waals surface area contributed by atoms with E-state index in [0.717, 1.165) is 24.2 Å². The summed E-state index contributed by atoms with van der Waals surface area (Å²) in [7, 11) is 2.04. The van der Waals surface area contributed by atoms with Crippen LogP contribution in [-0.2, 0) is 0 Å². The molecule has 0 radical (unpaired) electrons. The lowest BCUT2D eigenvalue weighted by Gasteiger charge is -2.49. The van der Waals surface area contributed by atoms with Crippen molar-refractivity contribution in [3.63, 3.8) is 0 Å². The van der Waals surface area contributed by atoms with Crippen molar-refractivity contribution in [2.75, 3.05) is 11.9 Å². The summed E-state index contributed by atoms with van der Waals surface area (Å²) in [5, 5.41) is 10.7. The maximum Gasteiger partial charge on any atom is 0.147 e. The fourth-order valence-corrected chi connectivity index (χ4v) is 5.01. The Balaban J connectivity index is 1.58. The number of anilines is 1. The first-order valence-corrected chi connectivity index (χ1v) is 10.8. The number of H-pyrrole nitrogens is 1. The lowest BCUT2D eigenvalue weighted by atomic mass is 9.79. The normalized spacial score (nSPS) is 18.2. The highest BCUT2D eigenvalue weighted by molar-refractivity contribution is 6.33. The highest BCUT2D eigenvalue weighted by Gasteiger charge is 2.39. The molecule has 0 amide bonds. The number of piperidine rings is 1. The second kappa shape index (κ2) is 7.88. The highest BCUT2D eigenvalue weighted by atomic mass is 35.5. The predicted molar refractivity (Wildman–Crippen MR) is 123 cm³/mol. The number of nitrogens with one attached hydrogen (secondary N) is 2. The smallest absolute Gasteiger partial charge is 0.147 e. The molecule has 1 saturated heterocycles. The third-order valence-corrected chi connectivity index (χ3v) is 6.17. The minimum atomic E-state index is -0.405. The van der Waals surface area contributed by atoms with Crippen LogP contribution in [0.15, 0.2) is 36.9 Å². The number of benzene rings is 1. The van der Waals surface area contributed by atoms with Gasteiger partial charge in [-0.15, -0.1) is 0 Å². The fraction of sp³-hybridized carbons (Fsp3) is 0.435. The van der Waals surface area contributed by atoms with Gasteiger partial charge in [0, 0.05) is 52.1 Å². The Morgan fingerprint density at radius 1 is 1.03 bits per heavy atom. The average Bonchev–Trinajstić information content (AvgIpc) is 3.21. The number of nitrogens with zero attached hydrogens (tertiary/aromatic N) is 4. The van der Waals surface area contributed by atoms with Crippen LogP contribution < -0.4 is 10.2 Å². The van der Waals surface area contributed by atoms with Gasteiger partial charge in [0.05, 0.1) is 24.3 Å². The van der Waals surface area contributed by atoms with Gasteiger partial charge >= 0.3 is 0 Å². The van der Waals surface area contributed by atoms with Gasteiger partial charge in [-0.3, -0.25) is 10.1 Å². The Hall–Kier alpha value is -2.51. The van der Waals surface area contributed by atoms with Gasteiger partial charge in [-0.25, -0.2) is 9.37 Å². The molecule has 1 aromatic carbocycles. The molecule has 3 aromatic rings. The summed E-state index contributed by atoms with van der Waals surface area (Å²) in [6.45, 7) is 8.90. The molecule has 6 nitrogen and oxygen atoms in total. The van der Waals surface area contributed by atoms with Crippen LogP contribution in [0.25, 0.3) is 22.4 Å². The Morgan fingerprint density at radius 3 is 2.32 bits per heavy atom. The van der Waals surface area contributed by atoms with Crippen LogP contribution in [0.4, 0.5) is 10.2 Å². The quantitative estimate of drug-likeness (QED) is 0.590. The molecule has 0 aliphatic carbocycles. The summed E-state index contributed by atoms with van der Waals surface area (Å²) in [6.07, 6.45) is 8.58. The molecule has 2 aromatic heterocycles. The summed E-state index contributed by atoms with van der Waals surface area (Å²) < 4.78 is 14.9. The molecule has 0 unspecified atom stereocenters. The van der Waals surface area contributed by atoms with Crippen LogP contribution in [-0.4, -0.2) is 44.3 Å². The standard InChI is InChI=1S/C23H28ClFN6/c1-22(2)8-15(9-23(3,4)30-22)31(5)21-13-26-20(12-27-21)17-6-18(24)16(7-19(17)25)14-10-28-29-11-14/h6-7,10-13,15,30H,8-9H2,1-5H3,(H,28,29). The molecule has 0 spiro atoms. The van der Waals surface area contributed by atoms with Crippen molar-refractivity contribution in [2.45, 2.75) is 57.7 Å². The van der Waals surface area contributed by atoms with Crippen molar-refractivity contribution in [1.29, 1.82) is 0 Å². The number of aromatic amines is 1. The number of hydrogen-bond donors (Lipinski definition) is 2. The van der Waals surface area contributed by atoms with Gasteiger partial charge in [0.25, 0.3) is 0 Å². The molecule has 2 N–H and O–H groups in total. The third kappa shape index (κ3) is 4.57. The van der Waals surface area contributed by atoms with Crippen molar-refractivity contribution < 1.29 is 4.39 Å². The summed E-state index contributed by atoms with van der Waals surface area (Å²) in [4.78, 5) is 11.3. The molecular weight excluding hydrogens is 415 g/mol.